The minimum absolute atomic E-state index is 0.121. The first-order valence-corrected chi connectivity index (χ1v) is 3.92. The van der Waals surface area contributed by atoms with Crippen molar-refractivity contribution in [3.05, 3.63) is 17.7 Å². The second-order valence-corrected chi connectivity index (χ2v) is 2.95. The van der Waals surface area contributed by atoms with E-state index in [0.717, 1.165) is 0 Å². The molecule has 0 fully saturated rings. The Morgan fingerprint density at radius 2 is 2.29 bits per heavy atom. The molecule has 0 unspecified atom stereocenters. The van der Waals surface area contributed by atoms with Gasteiger partial charge >= 0.3 is 5.97 Å². The number of carboxylic acids is 1. The predicted octanol–water partition coefficient (Wildman–Crippen LogP) is 0.249. The second-order valence-electron chi connectivity index (χ2n) is 2.95. The van der Waals surface area contributed by atoms with Crippen molar-refractivity contribution in [3.63, 3.8) is 0 Å². The van der Waals surface area contributed by atoms with Crippen molar-refractivity contribution in [1.29, 1.82) is 0 Å². The zero-order valence-electron chi connectivity index (χ0n) is 7.43. The molecule has 0 amide bonds. The smallest absolute Gasteiger partial charge is 0.335 e. The van der Waals surface area contributed by atoms with Gasteiger partial charge in [-0.05, 0) is 12.1 Å². The number of benzene rings is 1. The van der Waals surface area contributed by atoms with Gasteiger partial charge in [0.05, 0.1) is 11.3 Å². The SMILES string of the molecule is Cn1nnc2cc(C(=O)O)cc(N)c21. The lowest BCUT2D eigenvalue weighted by molar-refractivity contribution is 0.0697. The highest BCUT2D eigenvalue weighted by atomic mass is 16.4. The fourth-order valence-corrected chi connectivity index (χ4v) is 1.35. The minimum atomic E-state index is -1.02. The topological polar surface area (TPSA) is 94.0 Å². The number of hydrogen-bond acceptors (Lipinski definition) is 4. The van der Waals surface area contributed by atoms with E-state index in [2.05, 4.69) is 10.3 Å². The highest BCUT2D eigenvalue weighted by Gasteiger charge is 2.10. The number of aryl methyl sites for hydroxylation is 1. The van der Waals surface area contributed by atoms with Crippen molar-refractivity contribution in [3.8, 4) is 0 Å². The molecule has 14 heavy (non-hydrogen) atoms. The van der Waals surface area contributed by atoms with Crippen LogP contribution < -0.4 is 5.73 Å². The van der Waals surface area contributed by atoms with Gasteiger partial charge in [0.15, 0.2) is 0 Å². The van der Waals surface area contributed by atoms with Gasteiger partial charge in [0, 0.05) is 7.05 Å². The molecule has 0 saturated heterocycles. The molecule has 0 aliphatic carbocycles. The number of carboxylic acid groups (broad SMARTS) is 1. The fraction of sp³-hybridized carbons (Fsp3) is 0.125. The molecule has 3 N–H and O–H groups in total. The quantitative estimate of drug-likeness (QED) is 0.631. The van der Waals surface area contributed by atoms with Gasteiger partial charge < -0.3 is 10.8 Å². The van der Waals surface area contributed by atoms with Gasteiger partial charge in [0.25, 0.3) is 0 Å². The summed E-state index contributed by atoms with van der Waals surface area (Å²) in [5.74, 6) is -1.02. The first kappa shape index (κ1) is 8.49. The van der Waals surface area contributed by atoms with Crippen LogP contribution in [0.15, 0.2) is 12.1 Å². The molecule has 0 saturated carbocycles. The minimum Gasteiger partial charge on any atom is -0.478 e. The van der Waals surface area contributed by atoms with Gasteiger partial charge in [0.1, 0.15) is 11.0 Å². The Kier molecular flexibility index (Phi) is 1.63. The monoisotopic (exact) mass is 192 g/mol. The number of aromatic nitrogens is 3. The van der Waals surface area contributed by atoms with E-state index in [4.69, 9.17) is 10.8 Å². The first-order valence-electron chi connectivity index (χ1n) is 3.92. The maximum absolute atomic E-state index is 10.7. The van der Waals surface area contributed by atoms with Gasteiger partial charge in [-0.3, -0.25) is 0 Å². The highest BCUT2D eigenvalue weighted by Crippen LogP contribution is 2.20. The Labute approximate surface area is 78.9 Å². The van der Waals surface area contributed by atoms with Crippen LogP contribution in [0.1, 0.15) is 10.4 Å². The molecule has 0 radical (unpaired) electrons. The third kappa shape index (κ3) is 1.08. The Hall–Kier alpha value is -2.11. The molecule has 2 aromatic rings. The summed E-state index contributed by atoms with van der Waals surface area (Å²) in [7, 11) is 1.70. The van der Waals surface area contributed by atoms with Gasteiger partial charge in [0.2, 0.25) is 0 Å². The molecule has 0 aliphatic heterocycles. The zero-order chi connectivity index (χ0) is 10.3. The van der Waals surface area contributed by atoms with Crippen LogP contribution in [0, 0.1) is 0 Å². The first-order chi connectivity index (χ1) is 6.59. The summed E-state index contributed by atoms with van der Waals surface area (Å²) >= 11 is 0. The molecule has 1 aromatic heterocycles. The summed E-state index contributed by atoms with van der Waals surface area (Å²) in [4.78, 5) is 10.7. The maximum atomic E-state index is 10.7. The predicted molar refractivity (Wildman–Crippen MR) is 49.9 cm³/mol. The van der Waals surface area contributed by atoms with E-state index in [-0.39, 0.29) is 5.56 Å². The summed E-state index contributed by atoms with van der Waals surface area (Å²) in [6.45, 7) is 0. The molecule has 2 rings (SSSR count). The van der Waals surface area contributed by atoms with Gasteiger partial charge in [-0.25, -0.2) is 9.48 Å². The van der Waals surface area contributed by atoms with Crippen LogP contribution in [-0.4, -0.2) is 26.1 Å². The molecular weight excluding hydrogens is 184 g/mol. The van der Waals surface area contributed by atoms with Crippen LogP contribution in [0.4, 0.5) is 5.69 Å². The molecule has 1 aromatic carbocycles. The second kappa shape index (κ2) is 2.69. The third-order valence-corrected chi connectivity index (χ3v) is 1.98. The van der Waals surface area contributed by atoms with Gasteiger partial charge in [-0.2, -0.15) is 0 Å². The Balaban J connectivity index is 2.80. The number of fused-ring (bicyclic) bond motifs is 1. The number of nitrogens with zero attached hydrogens (tertiary/aromatic N) is 3. The fourth-order valence-electron chi connectivity index (χ4n) is 1.35. The molecule has 0 aliphatic rings. The van der Waals surface area contributed by atoms with Crippen LogP contribution in [0.3, 0.4) is 0 Å². The third-order valence-electron chi connectivity index (χ3n) is 1.98. The zero-order valence-corrected chi connectivity index (χ0v) is 7.43. The number of rotatable bonds is 1. The number of hydrogen-bond donors (Lipinski definition) is 2. The summed E-state index contributed by atoms with van der Waals surface area (Å²) in [5, 5.41) is 16.3. The number of nitrogen functional groups attached to an aromatic ring is 1. The lowest BCUT2D eigenvalue weighted by Crippen LogP contribution is -2.00. The number of nitrogens with two attached hydrogens (primary N) is 1. The lowest BCUT2D eigenvalue weighted by atomic mass is 10.1. The average molecular weight is 192 g/mol. The normalized spacial score (nSPS) is 10.6. The van der Waals surface area contributed by atoms with Crippen LogP contribution >= 0.6 is 0 Å². The van der Waals surface area contributed by atoms with E-state index in [1.807, 2.05) is 0 Å². The molecule has 6 heteroatoms. The van der Waals surface area contributed by atoms with Crippen LogP contribution in [0.25, 0.3) is 11.0 Å². The van der Waals surface area contributed by atoms with E-state index >= 15 is 0 Å². The maximum Gasteiger partial charge on any atom is 0.335 e. The van der Waals surface area contributed by atoms with E-state index < -0.39 is 5.97 Å². The van der Waals surface area contributed by atoms with Crippen LogP contribution in [0.5, 0.6) is 0 Å². The average Bonchev–Trinajstić information content (AvgIpc) is 2.48. The number of anilines is 1. The standard InChI is InChI=1S/C8H8N4O2/c1-12-7-5(9)2-4(8(13)14)3-6(7)10-11-12/h2-3H,9H2,1H3,(H,13,14). The van der Waals surface area contributed by atoms with Gasteiger partial charge in [-0.1, -0.05) is 5.21 Å². The van der Waals surface area contributed by atoms with Crippen LogP contribution in [-0.2, 0) is 7.05 Å². The molecule has 0 bridgehead atoms. The summed E-state index contributed by atoms with van der Waals surface area (Å²) < 4.78 is 1.51. The van der Waals surface area contributed by atoms with Crippen molar-refractivity contribution in [1.82, 2.24) is 15.0 Å². The van der Waals surface area contributed by atoms with Crippen molar-refractivity contribution in [2.24, 2.45) is 7.05 Å². The summed E-state index contributed by atoms with van der Waals surface area (Å²) in [6.07, 6.45) is 0. The highest BCUT2D eigenvalue weighted by molar-refractivity contribution is 5.97. The van der Waals surface area contributed by atoms with Crippen molar-refractivity contribution >= 4 is 22.7 Å². The Morgan fingerprint density at radius 3 is 2.93 bits per heavy atom. The molecule has 0 spiro atoms. The van der Waals surface area contributed by atoms with E-state index in [1.165, 1.54) is 16.8 Å². The van der Waals surface area contributed by atoms with Crippen molar-refractivity contribution in [2.75, 3.05) is 5.73 Å². The summed E-state index contributed by atoms with van der Waals surface area (Å²) in [6, 6.07) is 2.84. The Morgan fingerprint density at radius 1 is 1.57 bits per heavy atom. The molecule has 72 valence electrons. The lowest BCUT2D eigenvalue weighted by Gasteiger charge is -1.99. The Bertz CT molecular complexity index is 517. The molecule has 6 nitrogen and oxygen atoms in total. The molecular formula is C8H8N4O2. The summed E-state index contributed by atoms with van der Waals surface area (Å²) in [5.41, 5.74) is 7.30. The van der Waals surface area contributed by atoms with E-state index in [9.17, 15) is 4.79 Å². The van der Waals surface area contributed by atoms with E-state index in [1.54, 1.807) is 7.05 Å². The van der Waals surface area contributed by atoms with E-state index in [0.29, 0.717) is 16.7 Å². The molecule has 1 heterocycles. The molecule has 0 atom stereocenters. The van der Waals surface area contributed by atoms with Crippen LogP contribution in [0.2, 0.25) is 0 Å². The number of carbonyl (C=O) groups is 1. The largest absolute Gasteiger partial charge is 0.478 e. The van der Waals surface area contributed by atoms with Crippen molar-refractivity contribution < 1.29 is 9.90 Å². The van der Waals surface area contributed by atoms with Gasteiger partial charge in [-0.15, -0.1) is 5.10 Å². The van der Waals surface area contributed by atoms with Crippen molar-refractivity contribution in [2.45, 2.75) is 0 Å². The number of aromatic carboxylic acids is 1.